The number of ether oxygens (including phenoxy) is 2. The SMILES string of the molecule is CC1(C)OC(=O)C(=Cc2cn(Cc3cn(-c4cccc(Cl)c4)nn3)c3ncccc23)C(=O)O1. The molecule has 1 aliphatic rings. The number of cyclic esters (lactones) is 2. The molecule has 0 bridgehead atoms. The van der Waals surface area contributed by atoms with Crippen LogP contribution < -0.4 is 0 Å². The number of nitrogens with zero attached hydrogens (tertiary/aromatic N) is 5. The van der Waals surface area contributed by atoms with E-state index in [2.05, 4.69) is 15.3 Å². The summed E-state index contributed by atoms with van der Waals surface area (Å²) in [6.07, 6.45) is 6.73. The van der Waals surface area contributed by atoms with Gasteiger partial charge in [-0.2, -0.15) is 0 Å². The summed E-state index contributed by atoms with van der Waals surface area (Å²) in [5.41, 5.74) is 2.60. The van der Waals surface area contributed by atoms with Crippen LogP contribution >= 0.6 is 11.6 Å². The number of benzene rings is 1. The molecule has 0 spiro atoms. The van der Waals surface area contributed by atoms with Gasteiger partial charge in [0.15, 0.2) is 0 Å². The van der Waals surface area contributed by atoms with Crippen LogP contribution in [0.2, 0.25) is 5.02 Å². The Kier molecular flexibility index (Phi) is 4.98. The zero-order valence-corrected chi connectivity index (χ0v) is 18.5. The van der Waals surface area contributed by atoms with Crippen LogP contribution in [-0.4, -0.2) is 42.3 Å². The molecule has 4 aromatic rings. The molecule has 3 aromatic heterocycles. The van der Waals surface area contributed by atoms with Crippen molar-refractivity contribution in [3.05, 3.63) is 76.8 Å². The van der Waals surface area contributed by atoms with E-state index in [1.54, 1.807) is 41.5 Å². The first-order valence-corrected chi connectivity index (χ1v) is 10.5. The lowest BCUT2D eigenvalue weighted by atomic mass is 10.1. The highest BCUT2D eigenvalue weighted by Gasteiger charge is 2.39. The number of fused-ring (bicyclic) bond motifs is 1. The van der Waals surface area contributed by atoms with Crippen LogP contribution in [0, 0.1) is 0 Å². The Labute approximate surface area is 193 Å². The van der Waals surface area contributed by atoms with Gasteiger partial charge in [0.25, 0.3) is 5.79 Å². The van der Waals surface area contributed by atoms with Gasteiger partial charge in [-0.3, -0.25) is 0 Å². The largest absolute Gasteiger partial charge is 0.419 e. The number of aromatic nitrogens is 5. The van der Waals surface area contributed by atoms with Crippen molar-refractivity contribution in [1.82, 2.24) is 24.5 Å². The summed E-state index contributed by atoms with van der Waals surface area (Å²) in [5.74, 6) is -2.76. The van der Waals surface area contributed by atoms with Crippen molar-refractivity contribution in [2.45, 2.75) is 26.2 Å². The van der Waals surface area contributed by atoms with Gasteiger partial charge in [-0.15, -0.1) is 5.10 Å². The third-order valence-electron chi connectivity index (χ3n) is 5.03. The molecule has 0 amide bonds. The fraction of sp³-hybridized carbons (Fsp3) is 0.174. The molecule has 166 valence electrons. The standard InChI is InChI=1S/C23H18ClN5O4/c1-23(2)32-21(30)19(22(31)33-23)9-14-11-28(20-18(14)7-4-8-25-20)12-16-13-29(27-26-16)17-6-3-5-15(24)10-17/h3-11,13H,12H2,1-2H3. The molecule has 4 heterocycles. The van der Waals surface area contributed by atoms with Gasteiger partial charge in [0.1, 0.15) is 16.9 Å². The van der Waals surface area contributed by atoms with Gasteiger partial charge < -0.3 is 14.0 Å². The second-order valence-electron chi connectivity index (χ2n) is 7.96. The highest BCUT2D eigenvalue weighted by atomic mass is 35.5. The molecule has 9 nitrogen and oxygen atoms in total. The van der Waals surface area contributed by atoms with Crippen molar-refractivity contribution in [1.29, 1.82) is 0 Å². The van der Waals surface area contributed by atoms with E-state index in [-0.39, 0.29) is 5.57 Å². The maximum Gasteiger partial charge on any atom is 0.348 e. The smallest absolute Gasteiger partial charge is 0.348 e. The lowest BCUT2D eigenvalue weighted by molar-refractivity contribution is -0.222. The van der Waals surface area contributed by atoms with Crippen molar-refractivity contribution in [2.24, 2.45) is 0 Å². The second-order valence-corrected chi connectivity index (χ2v) is 8.39. The van der Waals surface area contributed by atoms with Crippen molar-refractivity contribution in [3.8, 4) is 5.69 Å². The van der Waals surface area contributed by atoms with E-state index in [1.165, 1.54) is 19.9 Å². The number of rotatable bonds is 4. The van der Waals surface area contributed by atoms with Crippen LogP contribution in [0.15, 0.2) is 60.6 Å². The summed E-state index contributed by atoms with van der Waals surface area (Å²) in [7, 11) is 0. The van der Waals surface area contributed by atoms with Crippen molar-refractivity contribution >= 4 is 40.6 Å². The number of hydrogen-bond acceptors (Lipinski definition) is 7. The lowest BCUT2D eigenvalue weighted by Crippen LogP contribution is -2.41. The monoisotopic (exact) mass is 463 g/mol. The van der Waals surface area contributed by atoms with Gasteiger partial charge in [0.2, 0.25) is 0 Å². The molecule has 0 atom stereocenters. The summed E-state index contributed by atoms with van der Waals surface area (Å²) < 4.78 is 13.9. The number of halogens is 1. The van der Waals surface area contributed by atoms with E-state index in [0.29, 0.717) is 28.5 Å². The molecule has 0 aliphatic carbocycles. The molecule has 1 fully saturated rings. The van der Waals surface area contributed by atoms with Crippen LogP contribution in [0.1, 0.15) is 25.1 Å². The average Bonchev–Trinajstić information content (AvgIpc) is 3.36. The first-order chi connectivity index (χ1) is 15.8. The number of hydrogen-bond donors (Lipinski definition) is 0. The Bertz CT molecular complexity index is 1410. The van der Waals surface area contributed by atoms with Crippen LogP contribution in [0.3, 0.4) is 0 Å². The fourth-order valence-corrected chi connectivity index (χ4v) is 3.79. The zero-order chi connectivity index (χ0) is 23.2. The van der Waals surface area contributed by atoms with Gasteiger partial charge in [-0.05, 0) is 36.4 Å². The van der Waals surface area contributed by atoms with E-state index >= 15 is 0 Å². The average molecular weight is 464 g/mol. The predicted octanol–water partition coefficient (Wildman–Crippen LogP) is 3.54. The lowest BCUT2D eigenvalue weighted by Gasteiger charge is -2.29. The molecule has 1 aliphatic heterocycles. The number of carbonyl (C=O) groups excluding carboxylic acids is 2. The Balaban J connectivity index is 1.49. The summed E-state index contributed by atoms with van der Waals surface area (Å²) in [6, 6.07) is 10.9. The quantitative estimate of drug-likeness (QED) is 0.259. The van der Waals surface area contributed by atoms with Gasteiger partial charge >= 0.3 is 11.9 Å². The maximum atomic E-state index is 12.4. The molecule has 0 radical (unpaired) electrons. The van der Waals surface area contributed by atoms with Gasteiger partial charge in [-0.1, -0.05) is 22.9 Å². The Morgan fingerprint density at radius 2 is 1.88 bits per heavy atom. The van der Waals surface area contributed by atoms with E-state index in [1.807, 2.05) is 22.8 Å². The maximum absolute atomic E-state index is 12.4. The van der Waals surface area contributed by atoms with Crippen LogP contribution in [0.5, 0.6) is 0 Å². The summed E-state index contributed by atoms with van der Waals surface area (Å²) >= 11 is 6.07. The van der Waals surface area contributed by atoms with Crippen molar-refractivity contribution in [3.63, 3.8) is 0 Å². The molecule has 0 N–H and O–H groups in total. The van der Waals surface area contributed by atoms with Crippen LogP contribution in [0.25, 0.3) is 22.8 Å². The summed E-state index contributed by atoms with van der Waals surface area (Å²) in [6.45, 7) is 3.39. The van der Waals surface area contributed by atoms with E-state index in [0.717, 1.165) is 11.1 Å². The predicted molar refractivity (Wildman–Crippen MR) is 119 cm³/mol. The normalized spacial score (nSPS) is 15.4. The van der Waals surface area contributed by atoms with Gasteiger partial charge in [0.05, 0.1) is 18.4 Å². The van der Waals surface area contributed by atoms with Crippen LogP contribution in [-0.2, 0) is 25.6 Å². The summed E-state index contributed by atoms with van der Waals surface area (Å²) in [5, 5.41) is 9.79. The van der Waals surface area contributed by atoms with Gasteiger partial charge in [-0.25, -0.2) is 19.3 Å². The van der Waals surface area contributed by atoms with Crippen LogP contribution in [0.4, 0.5) is 0 Å². The fourth-order valence-electron chi connectivity index (χ4n) is 3.61. The minimum Gasteiger partial charge on any atom is -0.419 e. The molecular formula is C23H18ClN5O4. The highest BCUT2D eigenvalue weighted by molar-refractivity contribution is 6.30. The first-order valence-electron chi connectivity index (χ1n) is 10.1. The topological polar surface area (TPSA) is 101 Å². The molecule has 10 heteroatoms. The van der Waals surface area contributed by atoms with E-state index in [4.69, 9.17) is 21.1 Å². The van der Waals surface area contributed by atoms with Gasteiger partial charge in [0, 0.05) is 42.2 Å². The third-order valence-corrected chi connectivity index (χ3v) is 5.26. The summed E-state index contributed by atoms with van der Waals surface area (Å²) in [4.78, 5) is 29.2. The Morgan fingerprint density at radius 1 is 1.09 bits per heavy atom. The van der Waals surface area contributed by atoms with Crippen molar-refractivity contribution < 1.29 is 19.1 Å². The Morgan fingerprint density at radius 3 is 2.64 bits per heavy atom. The zero-order valence-electron chi connectivity index (χ0n) is 17.7. The van der Waals surface area contributed by atoms with E-state index < -0.39 is 17.7 Å². The molecule has 5 rings (SSSR count). The number of esters is 2. The molecule has 1 aromatic carbocycles. The Hall–Kier alpha value is -3.98. The molecular weight excluding hydrogens is 446 g/mol. The van der Waals surface area contributed by atoms with Crippen molar-refractivity contribution in [2.75, 3.05) is 0 Å². The molecule has 1 saturated heterocycles. The molecule has 0 saturated carbocycles. The first kappa shape index (κ1) is 20.9. The van der Waals surface area contributed by atoms with E-state index in [9.17, 15) is 9.59 Å². The number of carbonyl (C=O) groups is 2. The molecule has 0 unspecified atom stereocenters. The number of pyridine rings is 1. The minimum atomic E-state index is -1.30. The third kappa shape index (κ3) is 4.10. The minimum absolute atomic E-state index is 0.177. The highest BCUT2D eigenvalue weighted by Crippen LogP contribution is 2.27. The second kappa shape index (κ2) is 7.86. The molecule has 33 heavy (non-hydrogen) atoms.